The zero-order chi connectivity index (χ0) is 19.3. The minimum Gasteiger partial charge on any atom is -0.493 e. The lowest BCUT2D eigenvalue weighted by Crippen LogP contribution is -2.42. The van der Waals surface area contributed by atoms with Crippen molar-refractivity contribution >= 4 is 11.7 Å². The van der Waals surface area contributed by atoms with E-state index in [1.807, 2.05) is 41.1 Å². The average molecular weight is 383 g/mol. The van der Waals surface area contributed by atoms with Crippen LogP contribution < -0.4 is 10.1 Å². The van der Waals surface area contributed by atoms with Gasteiger partial charge in [0.05, 0.1) is 25.4 Å². The summed E-state index contributed by atoms with van der Waals surface area (Å²) in [5.74, 6) is 2.92. The van der Waals surface area contributed by atoms with Gasteiger partial charge in [-0.15, -0.1) is 0 Å². The Labute approximate surface area is 166 Å². The van der Waals surface area contributed by atoms with Gasteiger partial charge in [0.2, 0.25) is 5.91 Å². The molecule has 1 N–H and O–H groups in total. The van der Waals surface area contributed by atoms with Gasteiger partial charge in [-0.1, -0.05) is 18.2 Å². The van der Waals surface area contributed by atoms with Crippen LogP contribution in [0.3, 0.4) is 0 Å². The van der Waals surface area contributed by atoms with Crippen LogP contribution in [0.5, 0.6) is 5.75 Å². The molecular weight excluding hydrogens is 352 g/mol. The molecule has 1 aliphatic heterocycles. The fourth-order valence-electron chi connectivity index (χ4n) is 4.06. The second kappa shape index (κ2) is 8.78. The molecule has 2 atom stereocenters. The summed E-state index contributed by atoms with van der Waals surface area (Å²) in [6.07, 6.45) is 6.54. The van der Waals surface area contributed by atoms with Crippen LogP contribution in [-0.2, 0) is 4.79 Å². The van der Waals surface area contributed by atoms with E-state index >= 15 is 0 Å². The Morgan fingerprint density at radius 1 is 1.25 bits per heavy atom. The summed E-state index contributed by atoms with van der Waals surface area (Å²) in [5, 5.41) is 7.48. The molecule has 150 valence electrons. The number of benzene rings is 1. The van der Waals surface area contributed by atoms with E-state index in [0.717, 1.165) is 37.5 Å². The van der Waals surface area contributed by atoms with Crippen molar-refractivity contribution < 1.29 is 9.53 Å². The number of amides is 1. The van der Waals surface area contributed by atoms with Crippen LogP contribution in [0, 0.1) is 11.8 Å². The van der Waals surface area contributed by atoms with E-state index in [2.05, 4.69) is 22.2 Å². The maximum atomic E-state index is 12.6. The van der Waals surface area contributed by atoms with Crippen molar-refractivity contribution in [3.63, 3.8) is 0 Å². The minimum absolute atomic E-state index is 0.0365. The van der Waals surface area contributed by atoms with Gasteiger partial charge in [0.15, 0.2) is 0 Å². The molecule has 2 aromatic rings. The number of ether oxygens (including phenoxy) is 1. The number of nitrogens with one attached hydrogen (secondary N) is 1. The Kier molecular flexibility index (Phi) is 5.95. The molecular formula is C22H30N4O2. The molecule has 28 heavy (non-hydrogen) atoms. The molecule has 0 radical (unpaired) electrons. The number of hydrogen-bond donors (Lipinski definition) is 1. The van der Waals surface area contributed by atoms with Crippen molar-refractivity contribution in [2.75, 3.05) is 31.6 Å². The first-order valence-electron chi connectivity index (χ1n) is 10.4. The first-order chi connectivity index (χ1) is 13.7. The second-order valence-electron chi connectivity index (χ2n) is 8.15. The Balaban J connectivity index is 1.26. The highest BCUT2D eigenvalue weighted by Gasteiger charge is 2.31. The molecule has 1 saturated heterocycles. The fourth-order valence-corrected chi connectivity index (χ4v) is 4.06. The summed E-state index contributed by atoms with van der Waals surface area (Å²) < 4.78 is 7.88. The summed E-state index contributed by atoms with van der Waals surface area (Å²) >= 11 is 0. The monoisotopic (exact) mass is 382 g/mol. The lowest BCUT2D eigenvalue weighted by molar-refractivity contribution is -0.117. The van der Waals surface area contributed by atoms with Crippen molar-refractivity contribution in [3.8, 4) is 5.75 Å². The molecule has 4 rings (SSSR count). The van der Waals surface area contributed by atoms with E-state index in [1.54, 1.807) is 6.20 Å². The number of carbonyl (C=O) groups excluding carboxylic acids is 1. The number of nitrogens with zero attached hydrogens (tertiary/aromatic N) is 3. The maximum Gasteiger partial charge on any atom is 0.239 e. The Bertz CT molecular complexity index is 772. The number of hydrogen-bond acceptors (Lipinski definition) is 4. The van der Waals surface area contributed by atoms with Gasteiger partial charge in [-0.3, -0.25) is 9.69 Å². The predicted octanol–water partition coefficient (Wildman–Crippen LogP) is 3.58. The summed E-state index contributed by atoms with van der Waals surface area (Å²) in [7, 11) is 0. The van der Waals surface area contributed by atoms with Gasteiger partial charge in [0, 0.05) is 18.5 Å². The third-order valence-electron chi connectivity index (χ3n) is 5.83. The lowest BCUT2D eigenvalue weighted by atomic mass is 9.99. The predicted molar refractivity (Wildman–Crippen MR) is 109 cm³/mol. The van der Waals surface area contributed by atoms with Crippen molar-refractivity contribution in [1.82, 2.24) is 14.7 Å². The van der Waals surface area contributed by atoms with Crippen LogP contribution >= 0.6 is 0 Å². The quantitative estimate of drug-likeness (QED) is 0.758. The molecule has 1 aromatic carbocycles. The average Bonchev–Trinajstić information content (AvgIpc) is 3.46. The summed E-state index contributed by atoms with van der Waals surface area (Å²) in [6, 6.07) is 12.2. The van der Waals surface area contributed by atoms with E-state index in [1.165, 1.54) is 12.8 Å². The molecule has 1 aromatic heterocycles. The van der Waals surface area contributed by atoms with E-state index in [0.29, 0.717) is 31.0 Å². The van der Waals surface area contributed by atoms with Crippen molar-refractivity contribution in [1.29, 1.82) is 0 Å². The van der Waals surface area contributed by atoms with Crippen LogP contribution in [0.2, 0.25) is 0 Å². The highest BCUT2D eigenvalue weighted by Crippen LogP contribution is 2.40. The van der Waals surface area contributed by atoms with Gasteiger partial charge < -0.3 is 10.1 Å². The molecule has 0 spiro atoms. The largest absolute Gasteiger partial charge is 0.493 e. The number of aromatic nitrogens is 2. The van der Waals surface area contributed by atoms with Gasteiger partial charge in [-0.25, -0.2) is 4.68 Å². The van der Waals surface area contributed by atoms with Crippen LogP contribution in [0.4, 0.5) is 5.82 Å². The molecule has 1 amide bonds. The molecule has 6 heteroatoms. The van der Waals surface area contributed by atoms with E-state index in [4.69, 9.17) is 4.74 Å². The lowest BCUT2D eigenvalue weighted by Gasteiger charge is -2.32. The molecule has 2 aliphatic rings. The third-order valence-corrected chi connectivity index (χ3v) is 5.83. The summed E-state index contributed by atoms with van der Waals surface area (Å²) in [4.78, 5) is 14.8. The highest BCUT2D eigenvalue weighted by molar-refractivity contribution is 5.91. The Morgan fingerprint density at radius 2 is 2.07 bits per heavy atom. The van der Waals surface area contributed by atoms with E-state index < -0.39 is 0 Å². The highest BCUT2D eigenvalue weighted by atomic mass is 16.5. The SMILES string of the molecule is CC(C1CC1)n1nccc1NC(=O)CN1CCCC(COc2ccccc2)C1. The molecule has 0 bridgehead atoms. The Hall–Kier alpha value is -2.34. The minimum atomic E-state index is 0.0365. The van der Waals surface area contributed by atoms with Crippen molar-refractivity contribution in [3.05, 3.63) is 42.6 Å². The van der Waals surface area contributed by atoms with Crippen LogP contribution in [0.15, 0.2) is 42.6 Å². The first kappa shape index (κ1) is 19.0. The molecule has 2 heterocycles. The summed E-state index contributed by atoms with van der Waals surface area (Å²) in [6.45, 7) is 5.17. The number of anilines is 1. The molecule has 2 fully saturated rings. The van der Waals surface area contributed by atoms with Gasteiger partial charge in [0.25, 0.3) is 0 Å². The van der Waals surface area contributed by atoms with Gasteiger partial charge in [-0.2, -0.15) is 5.10 Å². The first-order valence-corrected chi connectivity index (χ1v) is 10.4. The van der Waals surface area contributed by atoms with Gasteiger partial charge >= 0.3 is 0 Å². The van der Waals surface area contributed by atoms with E-state index in [-0.39, 0.29) is 5.91 Å². The second-order valence-corrected chi connectivity index (χ2v) is 8.15. The molecule has 2 unspecified atom stereocenters. The number of piperidine rings is 1. The van der Waals surface area contributed by atoms with Crippen molar-refractivity contribution in [2.45, 2.75) is 38.6 Å². The maximum absolute atomic E-state index is 12.6. The molecule has 6 nitrogen and oxygen atoms in total. The standard InChI is InChI=1S/C22H30N4O2/c1-17(19-9-10-19)26-21(11-12-23-26)24-22(27)15-25-13-5-6-18(14-25)16-28-20-7-3-2-4-8-20/h2-4,7-8,11-12,17-19H,5-6,9-10,13-16H2,1H3,(H,24,27). The smallest absolute Gasteiger partial charge is 0.239 e. The topological polar surface area (TPSA) is 59.4 Å². The Morgan fingerprint density at radius 3 is 2.86 bits per heavy atom. The van der Waals surface area contributed by atoms with Crippen LogP contribution in [-0.4, -0.2) is 46.8 Å². The molecule has 1 aliphatic carbocycles. The zero-order valence-electron chi connectivity index (χ0n) is 16.6. The number of carbonyl (C=O) groups is 1. The van der Waals surface area contributed by atoms with Gasteiger partial charge in [0.1, 0.15) is 11.6 Å². The number of para-hydroxylation sites is 1. The molecule has 1 saturated carbocycles. The normalized spacial score (nSPS) is 21.2. The number of rotatable bonds is 8. The third kappa shape index (κ3) is 4.93. The van der Waals surface area contributed by atoms with Crippen LogP contribution in [0.1, 0.15) is 38.6 Å². The van der Waals surface area contributed by atoms with Crippen molar-refractivity contribution in [2.24, 2.45) is 11.8 Å². The van der Waals surface area contributed by atoms with Gasteiger partial charge in [-0.05, 0) is 57.2 Å². The summed E-state index contributed by atoms with van der Waals surface area (Å²) in [5.41, 5.74) is 0. The van der Waals surface area contributed by atoms with E-state index in [9.17, 15) is 4.79 Å². The van der Waals surface area contributed by atoms with Crippen LogP contribution in [0.25, 0.3) is 0 Å². The fraction of sp³-hybridized carbons (Fsp3) is 0.545. The zero-order valence-corrected chi connectivity index (χ0v) is 16.6. The number of likely N-dealkylation sites (tertiary alicyclic amines) is 1.